The first-order chi connectivity index (χ1) is 18.2. The number of aryl methyl sites for hydroxylation is 2. The number of carbonyl (C=O) groups is 2. The number of rotatable bonds is 8. The Kier molecular flexibility index (Phi) is 5.28. The molecule has 2 aliphatic heterocycles. The van der Waals surface area contributed by atoms with Crippen LogP contribution in [0.4, 0.5) is 0 Å². The number of hydrogen-bond donors (Lipinski definition) is 5. The fraction of sp³-hybridized carbons (Fsp3) is 0.310. The van der Waals surface area contributed by atoms with Crippen molar-refractivity contribution in [2.75, 3.05) is 26.2 Å². The lowest BCUT2D eigenvalue weighted by Crippen LogP contribution is -2.28. The molecule has 2 aromatic heterocycles. The van der Waals surface area contributed by atoms with Crippen LogP contribution in [0, 0.1) is 0 Å². The second-order valence-electron chi connectivity index (χ2n) is 10.1. The molecule has 0 atom stereocenters. The highest BCUT2D eigenvalue weighted by molar-refractivity contribution is 6.39. The summed E-state index contributed by atoms with van der Waals surface area (Å²) in [6.45, 7) is 4.30. The zero-order valence-electron chi connectivity index (χ0n) is 20.5. The third kappa shape index (κ3) is 3.33. The van der Waals surface area contributed by atoms with Crippen LogP contribution in [0.2, 0.25) is 0 Å². The van der Waals surface area contributed by atoms with Crippen molar-refractivity contribution in [1.82, 2.24) is 25.5 Å². The number of amides is 2. The van der Waals surface area contributed by atoms with Gasteiger partial charge in [0.05, 0.1) is 27.7 Å². The van der Waals surface area contributed by atoms with Crippen LogP contribution in [0.15, 0.2) is 36.4 Å². The molecule has 4 heterocycles. The fourth-order valence-electron chi connectivity index (χ4n) is 6.31. The molecule has 0 saturated heterocycles. The van der Waals surface area contributed by atoms with Crippen LogP contribution in [0.3, 0.4) is 0 Å². The second-order valence-corrected chi connectivity index (χ2v) is 10.1. The highest BCUT2D eigenvalue weighted by Gasteiger charge is 2.36. The number of imide groups is 1. The summed E-state index contributed by atoms with van der Waals surface area (Å²) in [5.41, 5.74) is 7.53. The summed E-state index contributed by atoms with van der Waals surface area (Å²) >= 11 is 0. The van der Waals surface area contributed by atoms with Gasteiger partial charge in [-0.05, 0) is 43.0 Å². The van der Waals surface area contributed by atoms with Crippen molar-refractivity contribution in [2.24, 2.45) is 0 Å². The summed E-state index contributed by atoms with van der Waals surface area (Å²) in [4.78, 5) is 29.9. The van der Waals surface area contributed by atoms with Gasteiger partial charge in [-0.2, -0.15) is 0 Å². The largest absolute Gasteiger partial charge is 0.396 e. The maximum atomic E-state index is 13.1. The van der Waals surface area contributed by atoms with Crippen molar-refractivity contribution in [1.29, 1.82) is 0 Å². The van der Waals surface area contributed by atoms with Crippen molar-refractivity contribution in [3.8, 4) is 0 Å². The van der Waals surface area contributed by atoms with Gasteiger partial charge >= 0.3 is 0 Å². The van der Waals surface area contributed by atoms with Crippen LogP contribution < -0.4 is 16.0 Å². The molecule has 7 rings (SSSR count). The van der Waals surface area contributed by atoms with Crippen molar-refractivity contribution < 1.29 is 14.7 Å². The second kappa shape index (κ2) is 8.69. The Morgan fingerprint density at radius 1 is 0.919 bits per heavy atom. The lowest BCUT2D eigenvalue weighted by atomic mass is 9.96. The van der Waals surface area contributed by atoms with E-state index in [4.69, 9.17) is 5.11 Å². The molecule has 0 aliphatic carbocycles. The molecule has 3 aromatic carbocycles. The third-order valence-corrected chi connectivity index (χ3v) is 7.84. The molecule has 2 aliphatic rings. The normalized spacial score (nSPS) is 14.9. The highest BCUT2D eigenvalue weighted by atomic mass is 16.3. The van der Waals surface area contributed by atoms with Crippen LogP contribution in [0.1, 0.15) is 44.7 Å². The van der Waals surface area contributed by atoms with Gasteiger partial charge in [-0.3, -0.25) is 14.9 Å². The van der Waals surface area contributed by atoms with E-state index in [-0.39, 0.29) is 18.4 Å². The molecule has 0 saturated carbocycles. The van der Waals surface area contributed by atoms with Gasteiger partial charge in [-0.25, -0.2) is 0 Å². The van der Waals surface area contributed by atoms with E-state index in [1.165, 1.54) is 11.1 Å². The minimum Gasteiger partial charge on any atom is -0.396 e. The van der Waals surface area contributed by atoms with E-state index >= 15 is 0 Å². The predicted octanol–water partition coefficient (Wildman–Crippen LogP) is 3.32. The number of hydrogen-bond acceptors (Lipinski definition) is 5. The first-order valence-corrected chi connectivity index (χ1v) is 13.1. The van der Waals surface area contributed by atoms with Gasteiger partial charge in [0.2, 0.25) is 0 Å². The molecule has 0 fully saturated rings. The number of aliphatic hydroxyl groups is 1. The quantitative estimate of drug-likeness (QED) is 0.168. The van der Waals surface area contributed by atoms with Crippen LogP contribution in [-0.4, -0.2) is 52.7 Å². The number of aromatic nitrogens is 2. The van der Waals surface area contributed by atoms with E-state index in [0.29, 0.717) is 11.1 Å². The molecule has 5 N–H and O–H groups in total. The molecular weight excluding hydrogens is 466 g/mol. The molecule has 188 valence electrons. The van der Waals surface area contributed by atoms with Gasteiger partial charge in [0, 0.05) is 59.8 Å². The minimum atomic E-state index is -0.320. The Morgan fingerprint density at radius 2 is 1.76 bits per heavy atom. The highest BCUT2D eigenvalue weighted by Crippen LogP contribution is 2.45. The molecule has 0 spiro atoms. The van der Waals surface area contributed by atoms with Crippen LogP contribution in [0.5, 0.6) is 0 Å². The average Bonchev–Trinajstić information content (AvgIpc) is 3.54. The van der Waals surface area contributed by atoms with Crippen molar-refractivity contribution in [3.63, 3.8) is 0 Å². The molecule has 0 unspecified atom stereocenters. The maximum Gasteiger partial charge on any atom is 0.259 e. The van der Waals surface area contributed by atoms with Crippen LogP contribution in [-0.2, 0) is 19.5 Å². The van der Waals surface area contributed by atoms with Gasteiger partial charge < -0.3 is 25.3 Å². The van der Waals surface area contributed by atoms with Crippen molar-refractivity contribution in [3.05, 3.63) is 58.7 Å². The first-order valence-electron chi connectivity index (χ1n) is 13.1. The van der Waals surface area contributed by atoms with Gasteiger partial charge in [-0.1, -0.05) is 30.3 Å². The summed E-state index contributed by atoms with van der Waals surface area (Å²) in [6.07, 6.45) is 2.83. The van der Waals surface area contributed by atoms with E-state index in [0.717, 1.165) is 95.6 Å². The summed E-state index contributed by atoms with van der Waals surface area (Å²) in [7, 11) is 0. The Labute approximate surface area is 213 Å². The van der Waals surface area contributed by atoms with E-state index < -0.39 is 0 Å². The van der Waals surface area contributed by atoms with Crippen molar-refractivity contribution in [2.45, 2.75) is 32.4 Å². The van der Waals surface area contributed by atoms with E-state index in [1.54, 1.807) is 0 Å². The number of fused-ring (bicyclic) bond motifs is 10. The van der Waals surface area contributed by atoms with Gasteiger partial charge in [0.25, 0.3) is 11.8 Å². The van der Waals surface area contributed by atoms with E-state index in [2.05, 4.69) is 61.9 Å². The molecule has 8 nitrogen and oxygen atoms in total. The number of aromatic amines is 1. The lowest BCUT2D eigenvalue weighted by molar-refractivity contribution is 0.0880. The van der Waals surface area contributed by atoms with Crippen molar-refractivity contribution >= 4 is 55.4 Å². The molecular formula is C29H29N5O3. The lowest BCUT2D eigenvalue weighted by Gasteiger charge is -2.16. The Morgan fingerprint density at radius 3 is 2.62 bits per heavy atom. The minimum absolute atomic E-state index is 0.207. The number of H-pyrrole nitrogens is 1. The summed E-state index contributed by atoms with van der Waals surface area (Å²) < 4.78 is 2.35. The zero-order chi connectivity index (χ0) is 25.1. The Bertz CT molecular complexity index is 1750. The molecule has 0 bridgehead atoms. The number of nitrogens with zero attached hydrogens (tertiary/aromatic N) is 1. The summed E-state index contributed by atoms with van der Waals surface area (Å²) in [5, 5.41) is 21.9. The summed E-state index contributed by atoms with van der Waals surface area (Å²) in [5.74, 6) is -0.627. The van der Waals surface area contributed by atoms with E-state index in [9.17, 15) is 9.59 Å². The van der Waals surface area contributed by atoms with Crippen LogP contribution in [0.25, 0.3) is 43.6 Å². The first kappa shape index (κ1) is 22.5. The predicted molar refractivity (Wildman–Crippen MR) is 145 cm³/mol. The Hall–Kier alpha value is -3.72. The molecule has 0 radical (unpaired) electrons. The number of carbonyl (C=O) groups excluding carboxylic acids is 2. The Balaban J connectivity index is 1.39. The molecule has 37 heavy (non-hydrogen) atoms. The zero-order valence-corrected chi connectivity index (χ0v) is 20.5. The summed E-state index contributed by atoms with van der Waals surface area (Å²) in [6, 6.07) is 12.6. The molecule has 8 heteroatoms. The fourth-order valence-corrected chi connectivity index (χ4v) is 6.31. The maximum absolute atomic E-state index is 13.1. The average molecular weight is 496 g/mol. The van der Waals surface area contributed by atoms with Gasteiger partial charge in [0.1, 0.15) is 0 Å². The van der Waals surface area contributed by atoms with Gasteiger partial charge in [0.15, 0.2) is 0 Å². The van der Waals surface area contributed by atoms with Crippen LogP contribution >= 0.6 is 0 Å². The molecule has 5 aromatic rings. The third-order valence-electron chi connectivity index (χ3n) is 7.84. The van der Waals surface area contributed by atoms with E-state index in [1.807, 2.05) is 0 Å². The topological polar surface area (TPSA) is 111 Å². The molecule has 2 amide bonds. The number of para-hydroxylation sites is 1. The number of aliphatic hydroxyl groups excluding tert-OH is 1. The monoisotopic (exact) mass is 495 g/mol. The number of benzene rings is 3. The SMILES string of the molecule is O=C1NC(=O)c2c1c1c3ccc(CNCCNCCCO)cc3[nH]c1c1c2c2cccc3c2n1CCC3. The van der Waals surface area contributed by atoms with Gasteiger partial charge in [-0.15, -0.1) is 0 Å². The standard InChI is InChI=1S/C29H29N5O3/c35-13-3-9-30-10-11-31-15-16-7-8-18-20(14-16)32-25-21(18)23-24(29(37)33-28(23)36)22-19-6-1-4-17-5-2-12-34(26(17)19)27(22)25/h1,4,6-8,14,30-32,35H,2-3,5,9-13,15H2,(H,33,36,37). The number of nitrogens with one attached hydrogen (secondary N) is 4. The smallest absolute Gasteiger partial charge is 0.259 e.